The van der Waals surface area contributed by atoms with Gasteiger partial charge in [-0.05, 0) is 18.2 Å². The quantitative estimate of drug-likeness (QED) is 0.607. The van der Waals surface area contributed by atoms with Gasteiger partial charge in [0.1, 0.15) is 5.75 Å². The Balaban J connectivity index is 0.000000258. The van der Waals surface area contributed by atoms with Crippen molar-refractivity contribution in [3.8, 4) is 11.5 Å². The van der Waals surface area contributed by atoms with Crippen molar-refractivity contribution < 1.29 is 31.8 Å². The number of hydrogen-bond acceptors (Lipinski definition) is 3. The zero-order chi connectivity index (χ0) is 14.9. The summed E-state index contributed by atoms with van der Waals surface area (Å²) in [5, 5.41) is 17.8. The van der Waals surface area contributed by atoms with Gasteiger partial charge in [-0.15, -0.1) is 0 Å². The van der Waals surface area contributed by atoms with Crippen LogP contribution in [0.1, 0.15) is 5.56 Å². The van der Waals surface area contributed by atoms with E-state index in [-0.39, 0.29) is 22.7 Å². The highest BCUT2D eigenvalue weighted by Crippen LogP contribution is 2.02. The minimum Gasteiger partial charge on any atom is -1.00 e. The average Bonchev–Trinajstić information content (AvgIpc) is 2.50. The molecule has 2 heterocycles. The Morgan fingerprint density at radius 1 is 0.864 bits per heavy atom. The number of hydrogen-bond donors (Lipinski definition) is 2. The van der Waals surface area contributed by atoms with Crippen molar-refractivity contribution in [1.82, 2.24) is 4.98 Å². The maximum atomic E-state index is 9.27. The van der Waals surface area contributed by atoms with Crippen LogP contribution in [0.15, 0.2) is 79.4 Å². The molecule has 2 N–H and O–H groups in total. The Bertz CT molecular complexity index is 664. The van der Waals surface area contributed by atoms with E-state index in [1.807, 2.05) is 35.0 Å². The molecule has 0 aliphatic heterocycles. The molecule has 0 aliphatic rings. The second-order valence-electron chi connectivity index (χ2n) is 4.43. The molecule has 0 spiro atoms. The summed E-state index contributed by atoms with van der Waals surface area (Å²) in [5.41, 5.74) is 1.23. The molecule has 114 valence electrons. The zero-order valence-electron chi connectivity index (χ0n) is 11.9. The molecule has 0 saturated carbocycles. The van der Waals surface area contributed by atoms with Crippen LogP contribution in [0.3, 0.4) is 0 Å². The van der Waals surface area contributed by atoms with Crippen molar-refractivity contribution in [3.05, 3.63) is 84.9 Å². The number of pyridine rings is 2. The van der Waals surface area contributed by atoms with Crippen LogP contribution in [0.25, 0.3) is 0 Å². The van der Waals surface area contributed by atoms with Crippen LogP contribution in [0.5, 0.6) is 11.5 Å². The lowest BCUT2D eigenvalue weighted by molar-refractivity contribution is -0.688. The van der Waals surface area contributed by atoms with Gasteiger partial charge >= 0.3 is 0 Å². The molecule has 3 rings (SSSR count). The molecule has 0 unspecified atom stereocenters. The van der Waals surface area contributed by atoms with Gasteiger partial charge in [0.25, 0.3) is 0 Å². The van der Waals surface area contributed by atoms with E-state index in [1.165, 1.54) is 11.8 Å². The third-order valence-electron chi connectivity index (χ3n) is 2.70. The molecule has 22 heavy (non-hydrogen) atoms. The van der Waals surface area contributed by atoms with Gasteiger partial charge in [0.15, 0.2) is 18.5 Å². The Hall–Kier alpha value is -2.40. The Morgan fingerprint density at radius 3 is 2.14 bits per heavy atom. The Labute approximate surface area is 140 Å². The highest BCUT2D eigenvalue weighted by molar-refractivity contribution is 5.14. The second-order valence-corrected chi connectivity index (χ2v) is 4.43. The van der Waals surface area contributed by atoms with E-state index in [9.17, 15) is 5.11 Å². The van der Waals surface area contributed by atoms with Gasteiger partial charge in [-0.2, -0.15) is 4.57 Å². The first-order valence-electron chi connectivity index (χ1n) is 6.55. The molecule has 0 amide bonds. The van der Waals surface area contributed by atoms with E-state index >= 15 is 0 Å². The van der Waals surface area contributed by atoms with Gasteiger partial charge in [-0.1, -0.05) is 30.3 Å². The summed E-state index contributed by atoms with van der Waals surface area (Å²) in [7, 11) is 0. The smallest absolute Gasteiger partial charge is 0.211 e. The van der Waals surface area contributed by atoms with Crippen molar-refractivity contribution in [1.29, 1.82) is 0 Å². The predicted molar refractivity (Wildman–Crippen MR) is 79.7 cm³/mol. The van der Waals surface area contributed by atoms with E-state index in [0.29, 0.717) is 5.75 Å². The van der Waals surface area contributed by atoms with Crippen LogP contribution in [0, 0.1) is 0 Å². The SMILES string of the molecule is Oc1ccc[n+](Cc2ccccc2)c1.Oc1cccnc1.[Br-]. The molecule has 0 atom stereocenters. The summed E-state index contributed by atoms with van der Waals surface area (Å²) in [4.78, 5) is 3.63. The number of rotatable bonds is 2. The van der Waals surface area contributed by atoms with Gasteiger partial charge in [0.05, 0.1) is 6.20 Å². The van der Waals surface area contributed by atoms with Crippen molar-refractivity contribution in [2.45, 2.75) is 6.54 Å². The normalized spacial score (nSPS) is 9.09. The molecule has 2 aromatic heterocycles. The van der Waals surface area contributed by atoms with Crippen molar-refractivity contribution >= 4 is 0 Å². The summed E-state index contributed by atoms with van der Waals surface area (Å²) < 4.78 is 1.95. The number of benzene rings is 1. The summed E-state index contributed by atoms with van der Waals surface area (Å²) in [6.07, 6.45) is 6.65. The Morgan fingerprint density at radius 2 is 1.59 bits per heavy atom. The van der Waals surface area contributed by atoms with Crippen LogP contribution in [0.2, 0.25) is 0 Å². The van der Waals surface area contributed by atoms with Crippen LogP contribution >= 0.6 is 0 Å². The Kier molecular flexibility index (Phi) is 7.64. The standard InChI is InChI=1S/C12H11NO.C5H5NO.BrH/c14-12-7-4-8-13(10-12)9-11-5-2-1-3-6-11;7-5-2-1-3-6-4-5;/h1-8,10H,9H2;1-4,7H;1H. The molecule has 0 radical (unpaired) electrons. The maximum absolute atomic E-state index is 9.27. The van der Waals surface area contributed by atoms with Crippen LogP contribution in [-0.4, -0.2) is 15.2 Å². The maximum Gasteiger partial charge on any atom is 0.211 e. The first-order chi connectivity index (χ1) is 10.2. The lowest BCUT2D eigenvalue weighted by atomic mass is 10.2. The van der Waals surface area contributed by atoms with Gasteiger partial charge in [0.2, 0.25) is 6.20 Å². The van der Waals surface area contributed by atoms with E-state index in [1.54, 1.807) is 30.6 Å². The van der Waals surface area contributed by atoms with E-state index in [4.69, 9.17) is 5.11 Å². The fourth-order valence-corrected chi connectivity index (χ4v) is 1.75. The number of aromatic hydroxyl groups is 2. The third-order valence-corrected chi connectivity index (χ3v) is 2.70. The summed E-state index contributed by atoms with van der Waals surface area (Å²) in [6, 6.07) is 16.9. The van der Waals surface area contributed by atoms with Crippen LogP contribution in [0.4, 0.5) is 0 Å². The topological polar surface area (TPSA) is 57.2 Å². The van der Waals surface area contributed by atoms with Crippen molar-refractivity contribution in [3.63, 3.8) is 0 Å². The minimum absolute atomic E-state index is 0. The fraction of sp³-hybridized carbons (Fsp3) is 0.0588. The van der Waals surface area contributed by atoms with Crippen LogP contribution in [-0.2, 0) is 6.54 Å². The molecule has 0 fully saturated rings. The van der Waals surface area contributed by atoms with Crippen molar-refractivity contribution in [2.75, 3.05) is 0 Å². The van der Waals surface area contributed by atoms with Gasteiger partial charge in [-0.25, -0.2) is 0 Å². The van der Waals surface area contributed by atoms with Crippen molar-refractivity contribution in [2.24, 2.45) is 0 Å². The largest absolute Gasteiger partial charge is 1.00 e. The molecule has 3 aromatic rings. The zero-order valence-corrected chi connectivity index (χ0v) is 13.5. The summed E-state index contributed by atoms with van der Waals surface area (Å²) >= 11 is 0. The summed E-state index contributed by atoms with van der Waals surface area (Å²) in [5.74, 6) is 0.505. The third kappa shape index (κ3) is 6.37. The lowest BCUT2D eigenvalue weighted by Crippen LogP contribution is -3.00. The second kappa shape index (κ2) is 9.52. The van der Waals surface area contributed by atoms with E-state index < -0.39 is 0 Å². The number of halogens is 1. The summed E-state index contributed by atoms with van der Waals surface area (Å²) in [6.45, 7) is 0.787. The molecule has 0 saturated heterocycles. The van der Waals surface area contributed by atoms with Crippen LogP contribution < -0.4 is 21.5 Å². The first-order valence-corrected chi connectivity index (χ1v) is 6.55. The molecular weight excluding hydrogens is 344 g/mol. The first kappa shape index (κ1) is 17.7. The monoisotopic (exact) mass is 360 g/mol. The highest BCUT2D eigenvalue weighted by atomic mass is 79.9. The van der Waals surface area contributed by atoms with E-state index in [0.717, 1.165) is 6.54 Å². The molecule has 0 bridgehead atoms. The van der Waals surface area contributed by atoms with Gasteiger partial charge in [-0.3, -0.25) is 4.98 Å². The number of aromatic nitrogens is 2. The lowest BCUT2D eigenvalue weighted by Gasteiger charge is -1.97. The van der Waals surface area contributed by atoms with Gasteiger partial charge < -0.3 is 27.2 Å². The molecular formula is C17H17BrN2O2. The average molecular weight is 361 g/mol. The number of nitrogens with zero attached hydrogens (tertiary/aromatic N) is 2. The molecule has 5 heteroatoms. The molecule has 0 aliphatic carbocycles. The van der Waals surface area contributed by atoms with E-state index in [2.05, 4.69) is 17.1 Å². The minimum atomic E-state index is 0. The highest BCUT2D eigenvalue weighted by Gasteiger charge is 2.02. The fourth-order valence-electron chi connectivity index (χ4n) is 1.75. The molecule has 1 aromatic carbocycles. The predicted octanol–water partition coefficient (Wildman–Crippen LogP) is -0.481. The van der Waals surface area contributed by atoms with Gasteiger partial charge in [0, 0.05) is 17.8 Å². The molecule has 4 nitrogen and oxygen atoms in total.